The van der Waals surface area contributed by atoms with Crippen LogP contribution < -0.4 is 15.4 Å². The van der Waals surface area contributed by atoms with Gasteiger partial charge < -0.3 is 15.4 Å². The van der Waals surface area contributed by atoms with Crippen LogP contribution in [0.15, 0.2) is 24.3 Å². The van der Waals surface area contributed by atoms with Gasteiger partial charge in [-0.1, -0.05) is 38.7 Å². The summed E-state index contributed by atoms with van der Waals surface area (Å²) >= 11 is 0. The number of ether oxygens (including phenoxy) is 1. The van der Waals surface area contributed by atoms with Gasteiger partial charge in [0.05, 0.1) is 12.6 Å². The molecule has 0 unspecified atom stereocenters. The Bertz CT molecular complexity index is 433. The highest BCUT2D eigenvalue weighted by Gasteiger charge is 2.02. The standard InChI is InChI=1S/C18H30N2O2/c1-4-5-6-7-8-12-19-18(21)14-20-16-10-9-11-17(13-16)22-15(2)3/h9-11,13,15,20H,4-8,12,14H2,1-3H3,(H,19,21). The first-order valence-electron chi connectivity index (χ1n) is 8.39. The molecule has 4 heteroatoms. The maximum absolute atomic E-state index is 11.8. The van der Waals surface area contributed by atoms with E-state index in [1.54, 1.807) is 0 Å². The number of anilines is 1. The molecule has 1 rings (SSSR count). The minimum absolute atomic E-state index is 0.0330. The molecule has 4 nitrogen and oxygen atoms in total. The molecule has 124 valence electrons. The van der Waals surface area contributed by atoms with E-state index >= 15 is 0 Å². The van der Waals surface area contributed by atoms with Gasteiger partial charge >= 0.3 is 0 Å². The molecule has 0 saturated carbocycles. The lowest BCUT2D eigenvalue weighted by Crippen LogP contribution is -2.30. The largest absolute Gasteiger partial charge is 0.491 e. The first-order valence-corrected chi connectivity index (χ1v) is 8.39. The van der Waals surface area contributed by atoms with E-state index in [4.69, 9.17) is 4.74 Å². The monoisotopic (exact) mass is 306 g/mol. The summed E-state index contributed by atoms with van der Waals surface area (Å²) in [5.41, 5.74) is 0.899. The molecular formula is C18H30N2O2. The third kappa shape index (κ3) is 8.55. The van der Waals surface area contributed by atoms with Crippen molar-refractivity contribution in [2.75, 3.05) is 18.4 Å². The second-order valence-electron chi connectivity index (χ2n) is 5.81. The molecule has 0 fully saturated rings. The minimum Gasteiger partial charge on any atom is -0.491 e. The Balaban J connectivity index is 2.20. The zero-order chi connectivity index (χ0) is 16.2. The Morgan fingerprint density at radius 2 is 1.95 bits per heavy atom. The highest BCUT2D eigenvalue weighted by Crippen LogP contribution is 2.18. The maximum atomic E-state index is 11.8. The third-order valence-electron chi connectivity index (χ3n) is 3.26. The highest BCUT2D eigenvalue weighted by molar-refractivity contribution is 5.80. The highest BCUT2D eigenvalue weighted by atomic mass is 16.5. The normalized spacial score (nSPS) is 10.5. The van der Waals surface area contributed by atoms with Crippen molar-refractivity contribution in [3.8, 4) is 5.75 Å². The summed E-state index contributed by atoms with van der Waals surface area (Å²) in [4.78, 5) is 11.8. The van der Waals surface area contributed by atoms with Gasteiger partial charge in [-0.3, -0.25) is 4.79 Å². The molecule has 0 aliphatic heterocycles. The number of rotatable bonds is 11. The van der Waals surface area contributed by atoms with Crippen molar-refractivity contribution in [2.24, 2.45) is 0 Å². The lowest BCUT2D eigenvalue weighted by Gasteiger charge is -2.12. The van der Waals surface area contributed by atoms with Crippen molar-refractivity contribution in [3.05, 3.63) is 24.3 Å². The Morgan fingerprint density at radius 3 is 2.68 bits per heavy atom. The molecule has 0 atom stereocenters. The lowest BCUT2D eigenvalue weighted by atomic mass is 10.1. The third-order valence-corrected chi connectivity index (χ3v) is 3.26. The first-order chi connectivity index (χ1) is 10.6. The van der Waals surface area contributed by atoms with Crippen molar-refractivity contribution < 1.29 is 9.53 Å². The number of amides is 1. The number of carbonyl (C=O) groups is 1. The number of hydrogen-bond acceptors (Lipinski definition) is 3. The molecule has 0 saturated heterocycles. The molecule has 0 spiro atoms. The molecule has 0 aliphatic carbocycles. The van der Waals surface area contributed by atoms with E-state index in [1.807, 2.05) is 38.1 Å². The van der Waals surface area contributed by atoms with E-state index in [1.165, 1.54) is 25.7 Å². The molecule has 22 heavy (non-hydrogen) atoms. The van der Waals surface area contributed by atoms with E-state index in [0.717, 1.165) is 24.4 Å². The van der Waals surface area contributed by atoms with Crippen LogP contribution in [0.2, 0.25) is 0 Å². The van der Waals surface area contributed by atoms with E-state index < -0.39 is 0 Å². The van der Waals surface area contributed by atoms with Crippen LogP contribution in [0.5, 0.6) is 5.75 Å². The fourth-order valence-corrected chi connectivity index (χ4v) is 2.15. The molecule has 0 radical (unpaired) electrons. The van der Waals surface area contributed by atoms with Crippen LogP contribution in [0.25, 0.3) is 0 Å². The average molecular weight is 306 g/mol. The van der Waals surface area contributed by atoms with E-state index in [9.17, 15) is 4.79 Å². The molecule has 1 amide bonds. The van der Waals surface area contributed by atoms with E-state index in [0.29, 0.717) is 6.54 Å². The molecule has 0 aromatic heterocycles. The second kappa shape index (κ2) is 10.9. The van der Waals surface area contributed by atoms with Gasteiger partial charge in [-0.05, 0) is 32.4 Å². The SMILES string of the molecule is CCCCCCCNC(=O)CNc1cccc(OC(C)C)c1. The van der Waals surface area contributed by atoms with Gasteiger partial charge in [0.1, 0.15) is 5.75 Å². The average Bonchev–Trinajstić information content (AvgIpc) is 2.48. The molecule has 2 N–H and O–H groups in total. The fourth-order valence-electron chi connectivity index (χ4n) is 2.15. The Morgan fingerprint density at radius 1 is 1.18 bits per heavy atom. The fraction of sp³-hybridized carbons (Fsp3) is 0.611. The van der Waals surface area contributed by atoms with E-state index in [-0.39, 0.29) is 12.0 Å². The zero-order valence-electron chi connectivity index (χ0n) is 14.2. The summed E-state index contributed by atoms with van der Waals surface area (Å²) < 4.78 is 5.63. The van der Waals surface area contributed by atoms with E-state index in [2.05, 4.69) is 17.6 Å². The van der Waals surface area contributed by atoms with Gasteiger partial charge in [0.15, 0.2) is 0 Å². The van der Waals surface area contributed by atoms with Gasteiger partial charge in [0.25, 0.3) is 0 Å². The van der Waals surface area contributed by atoms with Crippen molar-refractivity contribution in [3.63, 3.8) is 0 Å². The minimum atomic E-state index is 0.0330. The van der Waals surface area contributed by atoms with Crippen molar-refractivity contribution in [2.45, 2.75) is 59.0 Å². The number of benzene rings is 1. The maximum Gasteiger partial charge on any atom is 0.239 e. The molecule has 0 heterocycles. The van der Waals surface area contributed by atoms with Crippen LogP contribution in [0, 0.1) is 0 Å². The number of nitrogens with one attached hydrogen (secondary N) is 2. The van der Waals surface area contributed by atoms with Crippen LogP contribution in [0.3, 0.4) is 0 Å². The summed E-state index contributed by atoms with van der Waals surface area (Å²) in [5, 5.41) is 6.07. The quantitative estimate of drug-likeness (QED) is 0.608. The molecular weight excluding hydrogens is 276 g/mol. The van der Waals surface area contributed by atoms with Crippen LogP contribution in [0.4, 0.5) is 5.69 Å². The summed E-state index contributed by atoms with van der Waals surface area (Å²) in [6, 6.07) is 7.69. The second-order valence-corrected chi connectivity index (χ2v) is 5.81. The summed E-state index contributed by atoms with van der Waals surface area (Å²) in [6.45, 7) is 7.25. The molecule has 1 aromatic rings. The van der Waals surface area contributed by atoms with Gasteiger partial charge in [-0.15, -0.1) is 0 Å². The van der Waals surface area contributed by atoms with Gasteiger partial charge in [0.2, 0.25) is 5.91 Å². The van der Waals surface area contributed by atoms with Crippen LogP contribution >= 0.6 is 0 Å². The zero-order valence-corrected chi connectivity index (χ0v) is 14.2. The Hall–Kier alpha value is -1.71. The summed E-state index contributed by atoms with van der Waals surface area (Å²) in [5.74, 6) is 0.849. The van der Waals surface area contributed by atoms with Crippen molar-refractivity contribution in [1.82, 2.24) is 5.32 Å². The topological polar surface area (TPSA) is 50.4 Å². The molecule has 0 bridgehead atoms. The molecule has 0 aliphatic rings. The predicted molar refractivity (Wildman–Crippen MR) is 92.5 cm³/mol. The number of carbonyl (C=O) groups excluding carboxylic acids is 1. The smallest absolute Gasteiger partial charge is 0.239 e. The van der Waals surface area contributed by atoms with Gasteiger partial charge in [-0.25, -0.2) is 0 Å². The summed E-state index contributed by atoms with van der Waals surface area (Å²) in [7, 11) is 0. The van der Waals surface area contributed by atoms with Crippen LogP contribution in [-0.4, -0.2) is 25.1 Å². The van der Waals surface area contributed by atoms with Crippen LogP contribution in [-0.2, 0) is 4.79 Å². The number of hydrogen-bond donors (Lipinski definition) is 2. The summed E-state index contributed by atoms with van der Waals surface area (Å²) in [6.07, 6.45) is 6.18. The molecule has 1 aromatic carbocycles. The first kappa shape index (κ1) is 18.3. The van der Waals surface area contributed by atoms with Crippen molar-refractivity contribution >= 4 is 11.6 Å². The Labute approximate surface area is 134 Å². The Kier molecular flexibility index (Phi) is 9.12. The van der Waals surface area contributed by atoms with Gasteiger partial charge in [-0.2, -0.15) is 0 Å². The lowest BCUT2D eigenvalue weighted by molar-refractivity contribution is -0.119. The van der Waals surface area contributed by atoms with Crippen molar-refractivity contribution in [1.29, 1.82) is 0 Å². The van der Waals surface area contributed by atoms with Crippen LogP contribution in [0.1, 0.15) is 52.9 Å². The van der Waals surface area contributed by atoms with Gasteiger partial charge in [0, 0.05) is 18.3 Å². The number of unbranched alkanes of at least 4 members (excludes halogenated alkanes) is 4. The predicted octanol–water partition coefficient (Wildman–Crippen LogP) is 3.97.